The van der Waals surface area contributed by atoms with E-state index in [1.54, 1.807) is 0 Å². The molecule has 0 N–H and O–H groups in total. The van der Waals surface area contributed by atoms with Crippen LogP contribution in [0.2, 0.25) is 0 Å². The first-order valence-corrected chi connectivity index (χ1v) is 4.69. The second kappa shape index (κ2) is 4.38. The molecule has 1 fully saturated rings. The molecule has 0 amide bonds. The fraction of sp³-hybridized carbons (Fsp3) is 1.00. The molecule has 1 heterocycles. The molecular weight excluding hydrogens is 164 g/mol. The van der Waals surface area contributed by atoms with E-state index in [4.69, 9.17) is 0 Å². The summed E-state index contributed by atoms with van der Waals surface area (Å²) < 4.78 is 0.765. The van der Waals surface area contributed by atoms with Crippen molar-refractivity contribution in [1.29, 1.82) is 0 Å². The standard InChI is InChI=1S/C9H18N.ClH.Li/c1-8-6-5-7-10(4)9(8,2)3;;/h7-8H,5-6H2,1-4H3;1H;. The average Bonchev–Trinajstić information content (AvgIpc) is 1.95. The van der Waals surface area contributed by atoms with Crippen molar-refractivity contribution < 1.29 is 0 Å². The first kappa shape index (κ1) is 12.8. The summed E-state index contributed by atoms with van der Waals surface area (Å²) in [6, 6.07) is 0. The molecule has 0 spiro atoms. The monoisotopic (exact) mass is 183 g/mol. The molecule has 0 radical (unpaired) electrons. The summed E-state index contributed by atoms with van der Waals surface area (Å²) in [5, 5.41) is 0. The molecule has 12 heavy (non-hydrogen) atoms. The van der Waals surface area contributed by atoms with Gasteiger partial charge in [-0.3, -0.25) is 0 Å². The van der Waals surface area contributed by atoms with Crippen LogP contribution in [0.25, 0.3) is 0 Å². The zero-order valence-electron chi connectivity index (χ0n) is 8.92. The third-order valence-electron chi connectivity index (χ3n) is 3.79. The number of halogens is 1. The maximum absolute atomic E-state index is 2.52. The van der Waals surface area contributed by atoms with Gasteiger partial charge in [-0.2, -0.15) is 0 Å². The fourth-order valence-electron chi connectivity index (χ4n) is 1.95. The van der Waals surface area contributed by atoms with Gasteiger partial charge in [0.25, 0.3) is 0 Å². The minimum atomic E-state index is 0. The van der Waals surface area contributed by atoms with Crippen molar-refractivity contribution in [3.05, 3.63) is 0 Å². The van der Waals surface area contributed by atoms with Gasteiger partial charge in [0.15, 0.2) is 0 Å². The quantitative estimate of drug-likeness (QED) is 0.520. The molecule has 1 nitrogen and oxygen atoms in total. The molecular formula is C9H19ClLiN. The van der Waals surface area contributed by atoms with Crippen molar-refractivity contribution in [2.24, 2.45) is 5.92 Å². The van der Waals surface area contributed by atoms with Crippen molar-refractivity contribution in [3.63, 3.8) is 0 Å². The van der Waals surface area contributed by atoms with E-state index in [0.717, 1.165) is 10.6 Å². The van der Waals surface area contributed by atoms with Crippen LogP contribution in [0.15, 0.2) is 0 Å². The SMILES string of the molecule is Cl.[Li][CH]1CCC(C)C(C)(C)N1C. The summed E-state index contributed by atoms with van der Waals surface area (Å²) in [5.41, 5.74) is 0.400. The summed E-state index contributed by atoms with van der Waals surface area (Å²) in [5.74, 6) is 0.837. The maximum atomic E-state index is 2.52. The summed E-state index contributed by atoms with van der Waals surface area (Å²) in [6.45, 7) is 7.07. The van der Waals surface area contributed by atoms with Crippen molar-refractivity contribution in [2.75, 3.05) is 7.05 Å². The van der Waals surface area contributed by atoms with Gasteiger partial charge in [0.2, 0.25) is 0 Å². The summed E-state index contributed by atoms with van der Waals surface area (Å²) in [7, 11) is 2.25. The van der Waals surface area contributed by atoms with Crippen molar-refractivity contribution in [1.82, 2.24) is 4.90 Å². The Morgan fingerprint density at radius 2 is 1.83 bits per heavy atom. The van der Waals surface area contributed by atoms with Crippen molar-refractivity contribution >= 4 is 30.1 Å². The zero-order chi connectivity index (χ0) is 8.65. The molecule has 1 rings (SSSR count). The Balaban J connectivity index is 0.00000121. The van der Waals surface area contributed by atoms with Gasteiger partial charge in [-0.05, 0) is 0 Å². The van der Waals surface area contributed by atoms with Crippen LogP contribution >= 0.6 is 12.4 Å². The Bertz CT molecular complexity index is 149. The third kappa shape index (κ3) is 2.20. The molecule has 0 saturated carbocycles. The van der Waals surface area contributed by atoms with E-state index in [0.29, 0.717) is 5.54 Å². The van der Waals surface area contributed by atoms with Gasteiger partial charge in [0.1, 0.15) is 0 Å². The molecule has 1 aliphatic heterocycles. The van der Waals surface area contributed by atoms with E-state index in [1.165, 1.54) is 12.8 Å². The van der Waals surface area contributed by atoms with E-state index < -0.39 is 0 Å². The van der Waals surface area contributed by atoms with Crippen LogP contribution in [-0.2, 0) is 0 Å². The van der Waals surface area contributed by atoms with E-state index in [1.807, 2.05) is 0 Å². The normalized spacial score (nSPS) is 35.8. The van der Waals surface area contributed by atoms with E-state index in [2.05, 4.69) is 50.4 Å². The topological polar surface area (TPSA) is 3.24 Å². The fourth-order valence-corrected chi connectivity index (χ4v) is 1.95. The van der Waals surface area contributed by atoms with E-state index in [9.17, 15) is 0 Å². The van der Waals surface area contributed by atoms with Crippen LogP contribution in [0.1, 0.15) is 33.6 Å². The molecule has 1 aliphatic rings. The first-order chi connectivity index (χ1) is 4.96. The number of likely N-dealkylation sites (tertiary alicyclic amines) is 1. The Kier molecular flexibility index (Phi) is 4.69. The van der Waals surface area contributed by atoms with Gasteiger partial charge in [0.05, 0.1) is 0 Å². The minimum absolute atomic E-state index is 0. The molecule has 1 saturated heterocycles. The number of nitrogens with zero attached hydrogens (tertiary/aromatic N) is 1. The van der Waals surface area contributed by atoms with Crippen LogP contribution in [0.5, 0.6) is 0 Å². The van der Waals surface area contributed by atoms with Crippen molar-refractivity contribution in [2.45, 2.75) is 43.9 Å². The Hall–Kier alpha value is 0.847. The van der Waals surface area contributed by atoms with Gasteiger partial charge in [-0.15, -0.1) is 12.4 Å². The number of hydrogen-bond acceptors (Lipinski definition) is 1. The van der Waals surface area contributed by atoms with Gasteiger partial charge >= 0.3 is 79.4 Å². The van der Waals surface area contributed by atoms with Crippen LogP contribution in [0, 0.1) is 5.92 Å². The molecule has 3 heteroatoms. The third-order valence-corrected chi connectivity index (χ3v) is 3.79. The molecule has 0 aromatic heterocycles. The molecule has 0 aromatic rings. The summed E-state index contributed by atoms with van der Waals surface area (Å²) in [4.78, 5) is 2.52. The van der Waals surface area contributed by atoms with E-state index in [-0.39, 0.29) is 12.4 Å². The van der Waals surface area contributed by atoms with Crippen LogP contribution < -0.4 is 0 Å². The second-order valence-corrected chi connectivity index (χ2v) is 4.59. The molecule has 2 unspecified atom stereocenters. The number of rotatable bonds is 0. The number of hydrogen-bond donors (Lipinski definition) is 0. The summed E-state index contributed by atoms with van der Waals surface area (Å²) in [6.07, 6.45) is 2.75. The Morgan fingerprint density at radius 3 is 2.25 bits per heavy atom. The van der Waals surface area contributed by atoms with Crippen molar-refractivity contribution in [3.8, 4) is 0 Å². The zero-order valence-corrected chi connectivity index (χ0v) is 9.74. The predicted molar refractivity (Wildman–Crippen MR) is 57.0 cm³/mol. The van der Waals surface area contributed by atoms with Gasteiger partial charge in [-0.25, -0.2) is 0 Å². The Labute approximate surface area is 91.9 Å². The Morgan fingerprint density at radius 1 is 1.33 bits per heavy atom. The van der Waals surface area contributed by atoms with Crippen LogP contribution in [0.4, 0.5) is 0 Å². The van der Waals surface area contributed by atoms with E-state index >= 15 is 0 Å². The summed E-state index contributed by atoms with van der Waals surface area (Å²) >= 11 is 2.33. The molecule has 0 aliphatic carbocycles. The average molecular weight is 184 g/mol. The predicted octanol–water partition coefficient (Wildman–Crippen LogP) is 2.04. The number of piperidine rings is 1. The molecule has 68 valence electrons. The second-order valence-electron chi connectivity index (χ2n) is 4.59. The molecule has 0 bridgehead atoms. The first-order valence-electron chi connectivity index (χ1n) is 4.69. The van der Waals surface area contributed by atoms with Gasteiger partial charge in [-0.1, -0.05) is 0 Å². The molecule has 0 aromatic carbocycles. The molecule has 2 atom stereocenters. The van der Waals surface area contributed by atoms with Gasteiger partial charge < -0.3 is 0 Å². The van der Waals surface area contributed by atoms with Crippen LogP contribution in [0.3, 0.4) is 0 Å². The van der Waals surface area contributed by atoms with Gasteiger partial charge in [0, 0.05) is 0 Å². The van der Waals surface area contributed by atoms with Crippen LogP contribution in [-0.4, -0.2) is 39.9 Å².